The number of nitrogens with one attached hydrogen (secondary N) is 2. The van der Waals surface area contributed by atoms with Crippen molar-refractivity contribution in [2.75, 3.05) is 19.0 Å². The first-order valence-electron chi connectivity index (χ1n) is 6.39. The van der Waals surface area contributed by atoms with Gasteiger partial charge < -0.3 is 19.7 Å². The van der Waals surface area contributed by atoms with E-state index >= 15 is 0 Å². The van der Waals surface area contributed by atoms with Crippen molar-refractivity contribution >= 4 is 11.8 Å². The van der Waals surface area contributed by atoms with E-state index in [9.17, 15) is 9.90 Å². The number of urea groups is 1. The maximum atomic E-state index is 11.7. The Morgan fingerprint density at radius 2 is 2.24 bits per heavy atom. The summed E-state index contributed by atoms with van der Waals surface area (Å²) in [5.74, 6) is 1.48. The number of nitrogens with zero attached hydrogens (tertiary/aromatic N) is 1. The molecule has 1 aromatic carbocycles. The van der Waals surface area contributed by atoms with Crippen LogP contribution in [0.2, 0.25) is 0 Å². The fourth-order valence-electron chi connectivity index (χ4n) is 1.83. The number of carbonyl (C=O) groups excluding carboxylic acids is 1. The highest BCUT2D eigenvalue weighted by Gasteiger charge is 2.14. The van der Waals surface area contributed by atoms with E-state index in [1.807, 2.05) is 6.07 Å². The van der Waals surface area contributed by atoms with Crippen molar-refractivity contribution in [1.82, 2.24) is 10.5 Å². The first-order valence-corrected chi connectivity index (χ1v) is 6.39. The van der Waals surface area contributed by atoms with Gasteiger partial charge in [0, 0.05) is 18.2 Å². The van der Waals surface area contributed by atoms with Gasteiger partial charge in [-0.1, -0.05) is 23.4 Å². The molecule has 0 aliphatic carbocycles. The summed E-state index contributed by atoms with van der Waals surface area (Å²) in [5.41, 5.74) is 0.609. The lowest BCUT2D eigenvalue weighted by molar-refractivity contribution is 0.171. The van der Waals surface area contributed by atoms with Gasteiger partial charge in [-0.15, -0.1) is 0 Å². The first kappa shape index (κ1) is 14.9. The summed E-state index contributed by atoms with van der Waals surface area (Å²) in [6.07, 6.45) is -0.869. The lowest BCUT2D eigenvalue weighted by atomic mass is 10.1. The molecule has 7 heteroatoms. The number of ether oxygens (including phenoxy) is 1. The lowest BCUT2D eigenvalue weighted by Crippen LogP contribution is -2.32. The summed E-state index contributed by atoms with van der Waals surface area (Å²) in [5, 5.41) is 18.8. The van der Waals surface area contributed by atoms with Crippen molar-refractivity contribution in [1.29, 1.82) is 0 Å². The van der Waals surface area contributed by atoms with Gasteiger partial charge in [-0.2, -0.15) is 0 Å². The summed E-state index contributed by atoms with van der Waals surface area (Å²) < 4.78 is 9.99. The third-order valence-electron chi connectivity index (χ3n) is 2.82. The zero-order valence-corrected chi connectivity index (χ0v) is 11.8. The SMILES string of the molecule is COc1ccccc1C(O)CNC(=O)Nc1cc(C)on1. The maximum absolute atomic E-state index is 11.7. The second-order valence-corrected chi connectivity index (χ2v) is 4.42. The standard InChI is InChI=1S/C14H17N3O4/c1-9-7-13(17-21-9)16-14(19)15-8-11(18)10-5-3-4-6-12(10)20-2/h3-7,11,18H,8H2,1-2H3,(H2,15,16,17,19). The van der Waals surface area contributed by atoms with Gasteiger partial charge in [-0.05, 0) is 13.0 Å². The summed E-state index contributed by atoms with van der Waals surface area (Å²) in [6.45, 7) is 1.77. The highest BCUT2D eigenvalue weighted by atomic mass is 16.5. The molecule has 112 valence electrons. The van der Waals surface area contributed by atoms with Crippen LogP contribution in [0, 0.1) is 6.92 Å². The number of aryl methyl sites for hydroxylation is 1. The van der Waals surface area contributed by atoms with E-state index in [0.717, 1.165) is 0 Å². The summed E-state index contributed by atoms with van der Waals surface area (Å²) >= 11 is 0. The number of carbonyl (C=O) groups is 1. The van der Waals surface area contributed by atoms with Gasteiger partial charge in [0.1, 0.15) is 11.5 Å². The van der Waals surface area contributed by atoms with E-state index < -0.39 is 12.1 Å². The number of para-hydroxylation sites is 1. The van der Waals surface area contributed by atoms with Crippen LogP contribution in [0.15, 0.2) is 34.9 Å². The Bertz CT molecular complexity index is 612. The normalized spacial score (nSPS) is 11.8. The summed E-state index contributed by atoms with van der Waals surface area (Å²) in [6, 6.07) is 8.20. The van der Waals surface area contributed by atoms with Crippen molar-refractivity contribution in [2.24, 2.45) is 0 Å². The largest absolute Gasteiger partial charge is 0.496 e. The van der Waals surface area contributed by atoms with E-state index in [0.29, 0.717) is 22.9 Å². The number of aromatic nitrogens is 1. The monoisotopic (exact) mass is 291 g/mol. The Morgan fingerprint density at radius 1 is 1.48 bits per heavy atom. The molecule has 1 aromatic heterocycles. The second kappa shape index (κ2) is 6.76. The van der Waals surface area contributed by atoms with Gasteiger partial charge in [0.05, 0.1) is 13.2 Å². The molecule has 0 saturated carbocycles. The Hall–Kier alpha value is -2.54. The minimum absolute atomic E-state index is 0.0447. The van der Waals surface area contributed by atoms with E-state index in [1.54, 1.807) is 31.2 Å². The van der Waals surface area contributed by atoms with Crippen LogP contribution in [-0.4, -0.2) is 29.9 Å². The van der Waals surface area contributed by atoms with Crippen LogP contribution in [0.3, 0.4) is 0 Å². The predicted molar refractivity (Wildman–Crippen MR) is 76.2 cm³/mol. The van der Waals surface area contributed by atoms with Crippen LogP contribution in [-0.2, 0) is 0 Å². The smallest absolute Gasteiger partial charge is 0.320 e. The third-order valence-corrected chi connectivity index (χ3v) is 2.82. The van der Waals surface area contributed by atoms with Crippen LogP contribution < -0.4 is 15.4 Å². The van der Waals surface area contributed by atoms with Crippen LogP contribution in [0.1, 0.15) is 17.4 Å². The number of amides is 2. The van der Waals surface area contributed by atoms with Gasteiger partial charge >= 0.3 is 6.03 Å². The van der Waals surface area contributed by atoms with Crippen LogP contribution in [0.5, 0.6) is 5.75 Å². The molecule has 0 radical (unpaired) electrons. The lowest BCUT2D eigenvalue weighted by Gasteiger charge is -2.15. The fraction of sp³-hybridized carbons (Fsp3) is 0.286. The summed E-state index contributed by atoms with van der Waals surface area (Å²) in [4.78, 5) is 11.7. The number of hydrogen-bond acceptors (Lipinski definition) is 5. The van der Waals surface area contributed by atoms with Crippen molar-refractivity contribution in [3.05, 3.63) is 41.7 Å². The van der Waals surface area contributed by atoms with Gasteiger partial charge in [0.15, 0.2) is 5.82 Å². The quantitative estimate of drug-likeness (QED) is 0.781. The number of anilines is 1. The van der Waals surface area contributed by atoms with E-state index in [-0.39, 0.29) is 6.54 Å². The van der Waals surface area contributed by atoms with Crippen LogP contribution >= 0.6 is 0 Å². The van der Waals surface area contributed by atoms with E-state index in [1.165, 1.54) is 7.11 Å². The molecular weight excluding hydrogens is 274 g/mol. The van der Waals surface area contributed by atoms with Crippen molar-refractivity contribution in [3.63, 3.8) is 0 Å². The second-order valence-electron chi connectivity index (χ2n) is 4.42. The molecule has 2 rings (SSSR count). The number of rotatable bonds is 5. The number of methoxy groups -OCH3 is 1. The van der Waals surface area contributed by atoms with Gasteiger partial charge in [-0.3, -0.25) is 5.32 Å². The molecule has 0 aliphatic rings. The fourth-order valence-corrected chi connectivity index (χ4v) is 1.83. The van der Waals surface area contributed by atoms with Crippen molar-refractivity contribution < 1.29 is 19.2 Å². The topological polar surface area (TPSA) is 96.6 Å². The molecule has 7 nitrogen and oxygen atoms in total. The van der Waals surface area contributed by atoms with Crippen LogP contribution in [0.4, 0.5) is 10.6 Å². The molecule has 0 aliphatic heterocycles. The Morgan fingerprint density at radius 3 is 2.90 bits per heavy atom. The Balaban J connectivity index is 1.88. The molecule has 3 N–H and O–H groups in total. The van der Waals surface area contributed by atoms with Crippen molar-refractivity contribution in [2.45, 2.75) is 13.0 Å². The molecule has 0 fully saturated rings. The molecule has 1 unspecified atom stereocenters. The number of aliphatic hydroxyl groups excluding tert-OH is 1. The third kappa shape index (κ3) is 3.96. The molecule has 0 spiro atoms. The first-order chi connectivity index (χ1) is 10.1. The minimum atomic E-state index is -0.869. The van der Waals surface area contributed by atoms with Crippen LogP contribution in [0.25, 0.3) is 0 Å². The van der Waals surface area contributed by atoms with E-state index in [2.05, 4.69) is 15.8 Å². The van der Waals surface area contributed by atoms with Gasteiger partial charge in [-0.25, -0.2) is 4.79 Å². The number of benzene rings is 1. The average Bonchev–Trinajstić information content (AvgIpc) is 2.89. The average molecular weight is 291 g/mol. The molecule has 0 saturated heterocycles. The van der Waals surface area contributed by atoms with Gasteiger partial charge in [0.2, 0.25) is 0 Å². The van der Waals surface area contributed by atoms with Gasteiger partial charge in [0.25, 0.3) is 0 Å². The highest BCUT2D eigenvalue weighted by Crippen LogP contribution is 2.23. The zero-order chi connectivity index (χ0) is 15.2. The molecule has 0 bridgehead atoms. The van der Waals surface area contributed by atoms with E-state index in [4.69, 9.17) is 9.26 Å². The zero-order valence-electron chi connectivity index (χ0n) is 11.8. The molecule has 21 heavy (non-hydrogen) atoms. The molecule has 2 aromatic rings. The number of aliphatic hydroxyl groups is 1. The number of hydrogen-bond donors (Lipinski definition) is 3. The molecule has 1 heterocycles. The Kier molecular flexibility index (Phi) is 4.78. The molecule has 1 atom stereocenters. The maximum Gasteiger partial charge on any atom is 0.320 e. The predicted octanol–water partition coefficient (Wildman–Crippen LogP) is 1.85. The molecule has 2 amide bonds. The summed E-state index contributed by atoms with van der Waals surface area (Å²) in [7, 11) is 1.53. The highest BCUT2D eigenvalue weighted by molar-refractivity contribution is 5.88. The minimum Gasteiger partial charge on any atom is -0.496 e. The van der Waals surface area contributed by atoms with Crippen molar-refractivity contribution in [3.8, 4) is 5.75 Å². The molecular formula is C14H17N3O4. The Labute approximate surface area is 121 Å².